The summed E-state index contributed by atoms with van der Waals surface area (Å²) < 4.78 is 5.14. The summed E-state index contributed by atoms with van der Waals surface area (Å²) in [6.07, 6.45) is 3.42. The van der Waals surface area contributed by atoms with Crippen molar-refractivity contribution >= 4 is 33.6 Å². The molecule has 1 rings (SSSR count). The number of carbonyl (C=O) groups is 2. The molecule has 1 aromatic rings. The van der Waals surface area contributed by atoms with E-state index in [1.165, 1.54) is 17.1 Å². The van der Waals surface area contributed by atoms with Gasteiger partial charge in [0.15, 0.2) is 0 Å². The number of primary amides is 1. The van der Waals surface area contributed by atoms with Gasteiger partial charge < -0.3 is 15.4 Å². The summed E-state index contributed by atoms with van der Waals surface area (Å²) in [5.74, 6) is 0.178. The molecule has 120 valence electrons. The molecule has 0 aromatic carbocycles. The number of ether oxygens (including phenoxy) is 1. The lowest BCUT2D eigenvalue weighted by Gasteiger charge is -2.18. The third-order valence-corrected chi connectivity index (χ3v) is 4.67. The van der Waals surface area contributed by atoms with E-state index in [2.05, 4.69) is 4.98 Å². The zero-order chi connectivity index (χ0) is 16.4. The predicted molar refractivity (Wildman–Crippen MR) is 89.5 cm³/mol. The van der Waals surface area contributed by atoms with Gasteiger partial charge in [0.2, 0.25) is 5.91 Å². The highest BCUT2D eigenvalue weighted by Gasteiger charge is 2.12. The van der Waals surface area contributed by atoms with Crippen molar-refractivity contribution in [2.45, 2.75) is 18.1 Å². The normalized spacial score (nSPS) is 12.1. The molecule has 8 heteroatoms. The summed E-state index contributed by atoms with van der Waals surface area (Å²) in [5.41, 5.74) is 4.97. The second-order valence-corrected chi connectivity index (χ2v) is 6.78. The second-order valence-electron chi connectivity index (χ2n) is 4.35. The lowest BCUT2D eigenvalue weighted by Crippen LogP contribution is -2.31. The van der Waals surface area contributed by atoms with Gasteiger partial charge in [0.25, 0.3) is 0 Å². The molecule has 0 aliphatic heterocycles. The Morgan fingerprint density at radius 3 is 2.91 bits per heavy atom. The summed E-state index contributed by atoms with van der Waals surface area (Å²) in [6.45, 7) is 2.21. The molecule has 2 amide bonds. The second kappa shape index (κ2) is 10.1. The van der Waals surface area contributed by atoms with E-state index >= 15 is 0 Å². The largest absolute Gasteiger partial charge is 0.442 e. The van der Waals surface area contributed by atoms with Crippen molar-refractivity contribution in [3.05, 3.63) is 36.5 Å². The van der Waals surface area contributed by atoms with E-state index in [-0.39, 0.29) is 0 Å². The van der Waals surface area contributed by atoms with Crippen LogP contribution in [0.2, 0.25) is 0 Å². The van der Waals surface area contributed by atoms with E-state index in [9.17, 15) is 9.59 Å². The fourth-order valence-corrected chi connectivity index (χ4v) is 3.20. The van der Waals surface area contributed by atoms with Crippen LogP contribution in [0.15, 0.2) is 41.6 Å². The van der Waals surface area contributed by atoms with Crippen LogP contribution in [0.3, 0.4) is 0 Å². The van der Waals surface area contributed by atoms with Crippen LogP contribution in [0.5, 0.6) is 0 Å². The Bertz CT molecular complexity index is 511. The monoisotopic (exact) mass is 341 g/mol. The SMILES string of the molecule is C[C@@H](/C=C\C(N)=O)OC(=O)N(C)CCSSc1ccccn1. The van der Waals surface area contributed by atoms with Crippen LogP contribution in [0, 0.1) is 0 Å². The first-order valence-corrected chi connectivity index (χ1v) is 8.91. The Kier molecular flexibility index (Phi) is 8.46. The van der Waals surface area contributed by atoms with Crippen LogP contribution in [0.25, 0.3) is 0 Å². The fourth-order valence-electron chi connectivity index (χ4n) is 1.28. The minimum Gasteiger partial charge on any atom is -0.442 e. The average Bonchev–Trinajstić information content (AvgIpc) is 2.50. The Morgan fingerprint density at radius 1 is 1.50 bits per heavy atom. The zero-order valence-electron chi connectivity index (χ0n) is 12.5. The summed E-state index contributed by atoms with van der Waals surface area (Å²) in [6, 6.07) is 5.73. The molecule has 0 bridgehead atoms. The van der Waals surface area contributed by atoms with Crippen LogP contribution in [-0.4, -0.2) is 47.3 Å². The Balaban J connectivity index is 2.22. The summed E-state index contributed by atoms with van der Waals surface area (Å²) in [4.78, 5) is 28.1. The Hall–Kier alpha value is -1.67. The van der Waals surface area contributed by atoms with Crippen LogP contribution < -0.4 is 5.73 Å². The highest BCUT2D eigenvalue weighted by molar-refractivity contribution is 8.76. The fraction of sp³-hybridized carbons (Fsp3) is 0.357. The van der Waals surface area contributed by atoms with Crippen molar-refractivity contribution in [2.75, 3.05) is 19.3 Å². The van der Waals surface area contributed by atoms with Gasteiger partial charge >= 0.3 is 6.09 Å². The van der Waals surface area contributed by atoms with Gasteiger partial charge in [0, 0.05) is 31.6 Å². The summed E-state index contributed by atoms with van der Waals surface area (Å²) >= 11 is 0. The lowest BCUT2D eigenvalue weighted by atomic mass is 10.3. The van der Waals surface area contributed by atoms with Crippen LogP contribution >= 0.6 is 21.6 Å². The first-order chi connectivity index (χ1) is 10.5. The zero-order valence-corrected chi connectivity index (χ0v) is 14.1. The van der Waals surface area contributed by atoms with Crippen molar-refractivity contribution in [3.8, 4) is 0 Å². The number of carbonyl (C=O) groups excluding carboxylic acids is 2. The number of nitrogens with zero attached hydrogens (tertiary/aromatic N) is 2. The third kappa shape index (κ3) is 7.94. The lowest BCUT2D eigenvalue weighted by molar-refractivity contribution is -0.113. The molecule has 1 atom stereocenters. The molecular weight excluding hydrogens is 322 g/mol. The summed E-state index contributed by atoms with van der Waals surface area (Å²) in [5, 5.41) is 0.933. The number of amides is 2. The highest BCUT2D eigenvalue weighted by atomic mass is 33.1. The van der Waals surface area contributed by atoms with Gasteiger partial charge in [-0.25, -0.2) is 9.78 Å². The number of hydrogen-bond donors (Lipinski definition) is 1. The van der Waals surface area contributed by atoms with Gasteiger partial charge in [-0.1, -0.05) is 16.9 Å². The summed E-state index contributed by atoms with van der Waals surface area (Å²) in [7, 11) is 4.84. The van der Waals surface area contributed by atoms with E-state index in [0.717, 1.165) is 10.8 Å². The number of hydrogen-bond acceptors (Lipinski definition) is 6. The van der Waals surface area contributed by atoms with Gasteiger partial charge in [0.1, 0.15) is 11.1 Å². The molecule has 2 N–H and O–H groups in total. The van der Waals surface area contributed by atoms with Gasteiger partial charge in [0.05, 0.1) is 0 Å². The molecule has 22 heavy (non-hydrogen) atoms. The maximum atomic E-state index is 11.8. The van der Waals surface area contributed by atoms with E-state index in [1.807, 2.05) is 18.2 Å². The number of aromatic nitrogens is 1. The molecule has 1 aromatic heterocycles. The predicted octanol–water partition coefficient (Wildman–Crippen LogP) is 2.32. The minimum absolute atomic E-state index is 0.440. The molecule has 0 fully saturated rings. The first kappa shape index (κ1) is 18.4. The topological polar surface area (TPSA) is 85.5 Å². The van der Waals surface area contributed by atoms with Crippen molar-refractivity contribution in [1.29, 1.82) is 0 Å². The van der Waals surface area contributed by atoms with Crippen molar-refractivity contribution < 1.29 is 14.3 Å². The maximum absolute atomic E-state index is 11.8. The van der Waals surface area contributed by atoms with E-state index in [1.54, 1.807) is 41.8 Å². The smallest absolute Gasteiger partial charge is 0.410 e. The third-order valence-electron chi connectivity index (χ3n) is 2.42. The van der Waals surface area contributed by atoms with Crippen molar-refractivity contribution in [1.82, 2.24) is 9.88 Å². The Labute approximate surface area is 137 Å². The molecule has 0 radical (unpaired) electrons. The minimum atomic E-state index is -0.570. The van der Waals surface area contributed by atoms with Crippen LogP contribution in [-0.2, 0) is 9.53 Å². The van der Waals surface area contributed by atoms with Crippen molar-refractivity contribution in [2.24, 2.45) is 5.73 Å². The van der Waals surface area contributed by atoms with Gasteiger partial charge in [-0.15, -0.1) is 0 Å². The van der Waals surface area contributed by atoms with E-state index in [4.69, 9.17) is 10.5 Å². The first-order valence-electron chi connectivity index (χ1n) is 6.59. The van der Waals surface area contributed by atoms with Crippen molar-refractivity contribution in [3.63, 3.8) is 0 Å². The Morgan fingerprint density at radius 2 is 2.27 bits per heavy atom. The van der Waals surface area contributed by atoms with E-state index < -0.39 is 18.1 Å². The number of rotatable bonds is 8. The molecule has 0 spiro atoms. The molecule has 0 aliphatic carbocycles. The van der Waals surface area contributed by atoms with Gasteiger partial charge in [-0.2, -0.15) is 0 Å². The molecule has 6 nitrogen and oxygen atoms in total. The molecule has 0 aliphatic rings. The van der Waals surface area contributed by atoms with Crippen LogP contribution in [0.1, 0.15) is 6.92 Å². The molecule has 1 heterocycles. The molecule has 0 saturated heterocycles. The molecule has 0 saturated carbocycles. The standard InChI is InChI=1S/C14H19N3O3S2/c1-11(6-7-12(15)18)20-14(19)17(2)9-10-21-22-13-5-3-4-8-16-13/h3-8,11H,9-10H2,1-2H3,(H2,15,18)/b7-6-/t11-/m0/s1. The van der Waals surface area contributed by atoms with Gasteiger partial charge in [-0.05, 0) is 35.9 Å². The van der Waals surface area contributed by atoms with Crippen LogP contribution in [0.4, 0.5) is 4.79 Å². The average molecular weight is 341 g/mol. The number of pyridine rings is 1. The number of nitrogens with two attached hydrogens (primary N) is 1. The molecule has 0 unspecified atom stereocenters. The maximum Gasteiger partial charge on any atom is 0.410 e. The molecular formula is C14H19N3O3S2. The quantitative estimate of drug-likeness (QED) is 0.444. The van der Waals surface area contributed by atoms with E-state index in [0.29, 0.717) is 6.54 Å². The van der Waals surface area contributed by atoms with Gasteiger partial charge in [-0.3, -0.25) is 4.79 Å². The highest BCUT2D eigenvalue weighted by Crippen LogP contribution is 2.28.